The van der Waals surface area contributed by atoms with Gasteiger partial charge in [0.15, 0.2) is 0 Å². The van der Waals surface area contributed by atoms with E-state index in [0.717, 1.165) is 12.8 Å². The van der Waals surface area contributed by atoms with Crippen molar-refractivity contribution in [1.82, 2.24) is 0 Å². The van der Waals surface area contributed by atoms with Gasteiger partial charge in [0.25, 0.3) is 0 Å². The summed E-state index contributed by atoms with van der Waals surface area (Å²) in [5.74, 6) is 0.688. The molecule has 1 aliphatic rings. The van der Waals surface area contributed by atoms with Crippen molar-refractivity contribution < 1.29 is 14.6 Å². The Kier molecular flexibility index (Phi) is 3.92. The van der Waals surface area contributed by atoms with Crippen LogP contribution in [-0.4, -0.2) is 32.0 Å². The molecule has 1 aliphatic heterocycles. The molecule has 2 rings (SSSR count). The van der Waals surface area contributed by atoms with Gasteiger partial charge in [-0.2, -0.15) is 0 Å². The third-order valence-electron chi connectivity index (χ3n) is 3.33. The lowest BCUT2D eigenvalue weighted by molar-refractivity contribution is -0.0665. The minimum absolute atomic E-state index is 0.0264. The molecule has 1 aromatic carbocycles. The molecule has 0 aromatic heterocycles. The molecule has 0 unspecified atom stereocenters. The van der Waals surface area contributed by atoms with Crippen molar-refractivity contribution in [2.45, 2.75) is 18.3 Å². The molecular formula is C13H17ClO3. The van der Waals surface area contributed by atoms with Crippen molar-refractivity contribution in [3.63, 3.8) is 0 Å². The van der Waals surface area contributed by atoms with Crippen LogP contribution in [0.3, 0.4) is 0 Å². The third kappa shape index (κ3) is 2.41. The Labute approximate surface area is 106 Å². The van der Waals surface area contributed by atoms with Gasteiger partial charge < -0.3 is 14.6 Å². The minimum atomic E-state index is 0.0264. The summed E-state index contributed by atoms with van der Waals surface area (Å²) in [5, 5.41) is 9.57. The summed E-state index contributed by atoms with van der Waals surface area (Å²) in [6.45, 7) is 1.62. The molecule has 0 spiro atoms. The van der Waals surface area contributed by atoms with Crippen LogP contribution in [0.15, 0.2) is 18.2 Å². The molecule has 0 saturated carbocycles. The summed E-state index contributed by atoms with van der Waals surface area (Å²) >= 11 is 6.14. The van der Waals surface area contributed by atoms with Crippen molar-refractivity contribution in [2.24, 2.45) is 0 Å². The van der Waals surface area contributed by atoms with Gasteiger partial charge in [-0.3, -0.25) is 0 Å². The second-order valence-electron chi connectivity index (χ2n) is 4.45. The van der Waals surface area contributed by atoms with Gasteiger partial charge in [0, 0.05) is 12.0 Å². The Morgan fingerprint density at radius 2 is 2.24 bits per heavy atom. The Bertz CT molecular complexity index is 388. The molecular weight excluding hydrogens is 240 g/mol. The topological polar surface area (TPSA) is 38.7 Å². The van der Waals surface area contributed by atoms with Crippen LogP contribution in [0.5, 0.6) is 5.75 Å². The third-order valence-corrected chi connectivity index (χ3v) is 3.63. The summed E-state index contributed by atoms with van der Waals surface area (Å²) < 4.78 is 10.5. The number of hydrogen-bond donors (Lipinski definition) is 1. The first-order chi connectivity index (χ1) is 8.22. The lowest BCUT2D eigenvalue weighted by Gasteiger charge is -2.42. The van der Waals surface area contributed by atoms with Crippen LogP contribution in [0.4, 0.5) is 0 Å². The second kappa shape index (κ2) is 5.25. The maximum Gasteiger partial charge on any atom is 0.137 e. The maximum absolute atomic E-state index is 8.95. The maximum atomic E-state index is 8.95. The van der Waals surface area contributed by atoms with Crippen LogP contribution in [0.25, 0.3) is 0 Å². The van der Waals surface area contributed by atoms with Crippen LogP contribution in [0.1, 0.15) is 18.4 Å². The van der Waals surface area contributed by atoms with Gasteiger partial charge in [-0.1, -0.05) is 17.7 Å². The molecule has 0 bridgehead atoms. The first kappa shape index (κ1) is 12.7. The number of benzene rings is 1. The second-order valence-corrected chi connectivity index (χ2v) is 4.86. The van der Waals surface area contributed by atoms with Gasteiger partial charge in [-0.15, -0.1) is 0 Å². The molecule has 0 radical (unpaired) electrons. The van der Waals surface area contributed by atoms with Gasteiger partial charge in [0.2, 0.25) is 0 Å². The van der Waals surface area contributed by atoms with Crippen molar-refractivity contribution in [1.29, 1.82) is 0 Å². The SMILES string of the molecule is COc1ccc(C2(CCCO)COC2)cc1Cl. The molecule has 1 saturated heterocycles. The van der Waals surface area contributed by atoms with E-state index >= 15 is 0 Å². The first-order valence-electron chi connectivity index (χ1n) is 5.74. The van der Waals surface area contributed by atoms with Crippen molar-refractivity contribution in [2.75, 3.05) is 26.9 Å². The summed E-state index contributed by atoms with van der Waals surface area (Å²) in [4.78, 5) is 0. The molecule has 0 atom stereocenters. The predicted octanol–water partition coefficient (Wildman–Crippen LogP) is 2.39. The monoisotopic (exact) mass is 256 g/mol. The summed E-state index contributed by atoms with van der Waals surface area (Å²) in [6, 6.07) is 5.86. The molecule has 1 aromatic rings. The molecule has 0 amide bonds. The van der Waals surface area contributed by atoms with Gasteiger partial charge in [-0.05, 0) is 30.5 Å². The first-order valence-corrected chi connectivity index (χ1v) is 6.12. The van der Waals surface area contributed by atoms with E-state index < -0.39 is 0 Å². The number of aliphatic hydroxyl groups is 1. The number of halogens is 1. The molecule has 4 heteroatoms. The van der Waals surface area contributed by atoms with Gasteiger partial charge in [0.05, 0.1) is 25.3 Å². The van der Waals surface area contributed by atoms with Crippen LogP contribution in [0, 0.1) is 0 Å². The number of ether oxygens (including phenoxy) is 2. The average Bonchev–Trinajstić information content (AvgIpc) is 2.28. The van der Waals surface area contributed by atoms with Gasteiger partial charge in [-0.25, -0.2) is 0 Å². The number of rotatable bonds is 5. The molecule has 94 valence electrons. The van der Waals surface area contributed by atoms with E-state index in [1.54, 1.807) is 7.11 Å². The minimum Gasteiger partial charge on any atom is -0.495 e. The Balaban J connectivity index is 2.22. The quantitative estimate of drug-likeness (QED) is 0.879. The van der Waals surface area contributed by atoms with E-state index in [0.29, 0.717) is 24.0 Å². The van der Waals surface area contributed by atoms with Crippen molar-refractivity contribution >= 4 is 11.6 Å². The lowest BCUT2D eigenvalue weighted by Crippen LogP contribution is -2.46. The van der Waals surface area contributed by atoms with E-state index in [4.69, 9.17) is 26.2 Å². The average molecular weight is 257 g/mol. The van der Waals surface area contributed by atoms with E-state index in [2.05, 4.69) is 0 Å². The van der Waals surface area contributed by atoms with E-state index in [9.17, 15) is 0 Å². The summed E-state index contributed by atoms with van der Waals surface area (Å²) in [5.41, 5.74) is 1.20. The smallest absolute Gasteiger partial charge is 0.137 e. The summed E-state index contributed by atoms with van der Waals surface area (Å²) in [6.07, 6.45) is 1.71. The highest BCUT2D eigenvalue weighted by molar-refractivity contribution is 6.32. The van der Waals surface area contributed by atoms with Crippen molar-refractivity contribution in [3.05, 3.63) is 28.8 Å². The molecule has 0 aliphatic carbocycles. The fraction of sp³-hybridized carbons (Fsp3) is 0.538. The highest BCUT2D eigenvalue weighted by atomic mass is 35.5. The Morgan fingerprint density at radius 1 is 1.47 bits per heavy atom. The fourth-order valence-electron chi connectivity index (χ4n) is 2.22. The zero-order valence-electron chi connectivity index (χ0n) is 9.91. The Hall–Kier alpha value is -0.770. The zero-order valence-corrected chi connectivity index (χ0v) is 10.7. The number of hydrogen-bond acceptors (Lipinski definition) is 3. The predicted molar refractivity (Wildman–Crippen MR) is 66.8 cm³/mol. The van der Waals surface area contributed by atoms with E-state index in [-0.39, 0.29) is 12.0 Å². The molecule has 17 heavy (non-hydrogen) atoms. The van der Waals surface area contributed by atoms with Crippen LogP contribution in [-0.2, 0) is 10.2 Å². The largest absolute Gasteiger partial charge is 0.495 e. The van der Waals surface area contributed by atoms with E-state index in [1.807, 2.05) is 18.2 Å². The normalized spacial score (nSPS) is 17.6. The fourth-order valence-corrected chi connectivity index (χ4v) is 2.48. The number of aliphatic hydroxyl groups excluding tert-OH is 1. The molecule has 1 N–H and O–H groups in total. The standard InChI is InChI=1S/C13H17ClO3/c1-16-12-4-3-10(7-11(12)14)13(5-2-6-15)8-17-9-13/h3-4,7,15H,2,5-6,8-9H2,1H3. The molecule has 3 nitrogen and oxygen atoms in total. The van der Waals surface area contributed by atoms with Gasteiger partial charge in [0.1, 0.15) is 5.75 Å². The van der Waals surface area contributed by atoms with E-state index in [1.165, 1.54) is 5.56 Å². The lowest BCUT2D eigenvalue weighted by atomic mass is 9.75. The highest BCUT2D eigenvalue weighted by Crippen LogP contribution is 2.39. The molecule has 1 heterocycles. The Morgan fingerprint density at radius 3 is 2.71 bits per heavy atom. The summed E-state index contributed by atoms with van der Waals surface area (Å²) in [7, 11) is 1.61. The highest BCUT2D eigenvalue weighted by Gasteiger charge is 2.39. The number of methoxy groups -OCH3 is 1. The molecule has 1 fully saturated rings. The van der Waals surface area contributed by atoms with Crippen LogP contribution < -0.4 is 4.74 Å². The zero-order chi connectivity index (χ0) is 12.3. The van der Waals surface area contributed by atoms with Crippen LogP contribution in [0.2, 0.25) is 5.02 Å². The van der Waals surface area contributed by atoms with Crippen LogP contribution >= 0.6 is 11.6 Å². The van der Waals surface area contributed by atoms with Crippen molar-refractivity contribution in [3.8, 4) is 5.75 Å². The van der Waals surface area contributed by atoms with Gasteiger partial charge >= 0.3 is 0 Å².